The van der Waals surface area contributed by atoms with Crippen LogP contribution in [0.2, 0.25) is 0 Å². The number of oxazole rings is 1. The van der Waals surface area contributed by atoms with E-state index in [1.165, 1.54) is 0 Å². The average molecular weight is 337 g/mol. The fourth-order valence-electron chi connectivity index (χ4n) is 2.52. The first kappa shape index (κ1) is 16.3. The predicted octanol–water partition coefficient (Wildman–Crippen LogP) is 4.17. The number of nitrogens with zero attached hydrogens (tertiary/aromatic N) is 1. The lowest BCUT2D eigenvalue weighted by Crippen LogP contribution is -2.22. The van der Waals surface area contributed by atoms with Crippen molar-refractivity contribution in [2.45, 2.75) is 38.0 Å². The molecule has 23 heavy (non-hydrogen) atoms. The summed E-state index contributed by atoms with van der Waals surface area (Å²) < 4.78 is 17.1. The van der Waals surface area contributed by atoms with Gasteiger partial charge in [0.25, 0.3) is 0 Å². The molecule has 1 atom stereocenters. The molecule has 0 spiro atoms. The molecular formula is C17H21ClN2O3. The van der Waals surface area contributed by atoms with Crippen molar-refractivity contribution in [2.75, 3.05) is 19.0 Å². The molecule has 0 radical (unpaired) electrons. The zero-order valence-corrected chi connectivity index (χ0v) is 13.9. The predicted molar refractivity (Wildman–Crippen MR) is 89.4 cm³/mol. The number of aromatic nitrogens is 1. The summed E-state index contributed by atoms with van der Waals surface area (Å²) in [4.78, 5) is 4.54. The quantitative estimate of drug-likeness (QED) is 0.802. The van der Waals surface area contributed by atoms with E-state index in [9.17, 15) is 0 Å². The van der Waals surface area contributed by atoms with Crippen molar-refractivity contribution >= 4 is 17.3 Å². The van der Waals surface area contributed by atoms with Crippen molar-refractivity contribution in [3.63, 3.8) is 0 Å². The highest BCUT2D eigenvalue weighted by molar-refractivity contribution is 6.16. The smallest absolute Gasteiger partial charge is 0.226 e. The summed E-state index contributed by atoms with van der Waals surface area (Å²) in [6.07, 6.45) is 3.01. The molecule has 3 rings (SSSR count). The van der Waals surface area contributed by atoms with Gasteiger partial charge in [0, 0.05) is 24.9 Å². The van der Waals surface area contributed by atoms with Gasteiger partial charge in [0.05, 0.1) is 12.5 Å². The van der Waals surface area contributed by atoms with E-state index in [4.69, 9.17) is 25.5 Å². The Bertz CT molecular complexity index is 621. The van der Waals surface area contributed by atoms with Gasteiger partial charge in [-0.05, 0) is 43.5 Å². The molecule has 1 aromatic heterocycles. The third kappa shape index (κ3) is 4.05. The molecule has 0 bridgehead atoms. The van der Waals surface area contributed by atoms with E-state index in [1.807, 2.05) is 31.3 Å². The van der Waals surface area contributed by atoms with Gasteiger partial charge in [-0.2, -0.15) is 0 Å². The number of benzene rings is 1. The molecule has 0 amide bonds. The highest BCUT2D eigenvalue weighted by Crippen LogP contribution is 2.26. The van der Waals surface area contributed by atoms with E-state index >= 15 is 0 Å². The van der Waals surface area contributed by atoms with Gasteiger partial charge in [-0.25, -0.2) is 4.98 Å². The highest BCUT2D eigenvalue weighted by Gasteiger charge is 2.18. The second-order valence-corrected chi connectivity index (χ2v) is 5.72. The van der Waals surface area contributed by atoms with E-state index in [2.05, 4.69) is 10.3 Å². The lowest BCUT2D eigenvalue weighted by atomic mass is 10.2. The van der Waals surface area contributed by atoms with Crippen molar-refractivity contribution in [2.24, 2.45) is 0 Å². The van der Waals surface area contributed by atoms with Crippen molar-refractivity contribution in [1.82, 2.24) is 4.98 Å². The highest BCUT2D eigenvalue weighted by atomic mass is 35.5. The van der Waals surface area contributed by atoms with Gasteiger partial charge >= 0.3 is 0 Å². The van der Waals surface area contributed by atoms with E-state index < -0.39 is 0 Å². The van der Waals surface area contributed by atoms with Crippen LogP contribution in [-0.4, -0.2) is 24.9 Å². The van der Waals surface area contributed by atoms with Crippen LogP contribution in [0.15, 0.2) is 28.7 Å². The number of alkyl halides is 1. The van der Waals surface area contributed by atoms with Crippen LogP contribution in [0.25, 0.3) is 11.5 Å². The van der Waals surface area contributed by atoms with Gasteiger partial charge < -0.3 is 19.2 Å². The summed E-state index contributed by atoms with van der Waals surface area (Å²) in [7, 11) is 1.88. The van der Waals surface area contributed by atoms with Crippen LogP contribution in [0.5, 0.6) is 0 Å². The number of halogens is 1. The van der Waals surface area contributed by atoms with Crippen LogP contribution in [0, 0.1) is 0 Å². The third-order valence-electron chi connectivity index (χ3n) is 3.86. The van der Waals surface area contributed by atoms with E-state index in [0.717, 1.165) is 42.8 Å². The minimum Gasteiger partial charge on any atom is -0.440 e. The van der Waals surface area contributed by atoms with Crippen LogP contribution < -0.4 is 5.32 Å². The van der Waals surface area contributed by atoms with Gasteiger partial charge in [0.2, 0.25) is 5.89 Å². The first-order chi connectivity index (χ1) is 11.3. The molecule has 6 heteroatoms. The monoisotopic (exact) mass is 336 g/mol. The lowest BCUT2D eigenvalue weighted by molar-refractivity contribution is -0.169. The first-order valence-corrected chi connectivity index (χ1v) is 8.39. The molecular weight excluding hydrogens is 316 g/mol. The Morgan fingerprint density at radius 1 is 1.30 bits per heavy atom. The summed E-state index contributed by atoms with van der Waals surface area (Å²) in [6.45, 7) is 1.11. The number of anilines is 1. The number of rotatable bonds is 6. The van der Waals surface area contributed by atoms with Crippen LogP contribution in [-0.2, 0) is 22.0 Å². The summed E-state index contributed by atoms with van der Waals surface area (Å²) >= 11 is 5.97. The minimum atomic E-state index is -0.151. The van der Waals surface area contributed by atoms with E-state index in [0.29, 0.717) is 18.3 Å². The Kier molecular flexibility index (Phi) is 5.54. The maximum atomic E-state index is 5.97. The third-order valence-corrected chi connectivity index (χ3v) is 4.11. The Morgan fingerprint density at radius 3 is 2.78 bits per heavy atom. The Balaban J connectivity index is 1.71. The molecule has 124 valence electrons. The van der Waals surface area contributed by atoms with Crippen molar-refractivity contribution in [3.8, 4) is 11.5 Å². The van der Waals surface area contributed by atoms with Crippen LogP contribution >= 0.6 is 11.6 Å². The fraction of sp³-hybridized carbons (Fsp3) is 0.471. The maximum absolute atomic E-state index is 5.97. The average Bonchev–Trinajstić information content (AvgIpc) is 3.04. The molecule has 1 fully saturated rings. The normalized spacial score (nSPS) is 18.1. The zero-order chi connectivity index (χ0) is 16.1. The number of nitrogens with one attached hydrogen (secondary N) is 1. The molecule has 1 aliphatic rings. The Hall–Kier alpha value is -1.56. The van der Waals surface area contributed by atoms with Crippen LogP contribution in [0.1, 0.15) is 30.7 Å². The van der Waals surface area contributed by atoms with Gasteiger partial charge in [-0.1, -0.05) is 0 Å². The molecule has 0 aliphatic carbocycles. The summed E-state index contributed by atoms with van der Waals surface area (Å²) in [5, 5.41) is 3.08. The van der Waals surface area contributed by atoms with Gasteiger partial charge in [-0.3, -0.25) is 0 Å². The summed E-state index contributed by atoms with van der Waals surface area (Å²) in [6, 6.07) is 7.88. The van der Waals surface area contributed by atoms with Crippen LogP contribution in [0.4, 0.5) is 5.69 Å². The minimum absolute atomic E-state index is 0.151. The molecule has 1 aliphatic heterocycles. The molecule has 1 saturated heterocycles. The number of hydrogen-bond donors (Lipinski definition) is 1. The molecule has 0 saturated carbocycles. The SMILES string of the molecule is CNc1ccc(-c2nc(COC3CCCCO3)c(CCl)o2)cc1. The van der Waals surface area contributed by atoms with E-state index in [-0.39, 0.29) is 12.2 Å². The molecule has 5 nitrogen and oxygen atoms in total. The maximum Gasteiger partial charge on any atom is 0.226 e. The molecule has 1 N–H and O–H groups in total. The van der Waals surface area contributed by atoms with Gasteiger partial charge in [-0.15, -0.1) is 11.6 Å². The van der Waals surface area contributed by atoms with Gasteiger partial charge in [0.1, 0.15) is 11.5 Å². The topological polar surface area (TPSA) is 56.5 Å². The molecule has 2 heterocycles. The Morgan fingerprint density at radius 2 is 2.13 bits per heavy atom. The molecule has 2 aromatic rings. The Labute approximate surface area is 140 Å². The van der Waals surface area contributed by atoms with Crippen LogP contribution in [0.3, 0.4) is 0 Å². The summed E-state index contributed by atoms with van der Waals surface area (Å²) in [5.74, 6) is 1.48. The van der Waals surface area contributed by atoms with E-state index in [1.54, 1.807) is 0 Å². The van der Waals surface area contributed by atoms with Gasteiger partial charge in [0.15, 0.2) is 6.29 Å². The number of ether oxygens (including phenoxy) is 2. The standard InChI is InChI=1S/C17H21ClN2O3/c1-19-13-7-5-12(6-8-13)17-20-14(15(10-18)23-17)11-22-16-4-2-3-9-21-16/h5-8,16,19H,2-4,9-11H2,1H3. The second kappa shape index (κ2) is 7.81. The molecule has 1 aromatic carbocycles. The van der Waals surface area contributed by atoms with Crippen molar-refractivity contribution < 1.29 is 13.9 Å². The largest absolute Gasteiger partial charge is 0.440 e. The molecule has 1 unspecified atom stereocenters. The number of hydrogen-bond acceptors (Lipinski definition) is 5. The fourth-order valence-corrected chi connectivity index (χ4v) is 2.73. The summed E-state index contributed by atoms with van der Waals surface area (Å²) in [5.41, 5.74) is 2.69. The van der Waals surface area contributed by atoms with Crippen molar-refractivity contribution in [1.29, 1.82) is 0 Å². The van der Waals surface area contributed by atoms with Crippen molar-refractivity contribution in [3.05, 3.63) is 35.7 Å². The second-order valence-electron chi connectivity index (χ2n) is 5.46. The zero-order valence-electron chi connectivity index (χ0n) is 13.2. The lowest BCUT2D eigenvalue weighted by Gasteiger charge is -2.22. The first-order valence-electron chi connectivity index (χ1n) is 7.86.